The van der Waals surface area contributed by atoms with E-state index in [0.717, 1.165) is 48.9 Å². The summed E-state index contributed by atoms with van der Waals surface area (Å²) >= 11 is 0. The molecule has 11 nitrogen and oxygen atoms in total. The van der Waals surface area contributed by atoms with Gasteiger partial charge in [0.2, 0.25) is 5.66 Å². The number of carbonyl (C=O) groups is 2. The van der Waals surface area contributed by atoms with Gasteiger partial charge in [-0.2, -0.15) is 5.21 Å². The highest BCUT2D eigenvalue weighted by Gasteiger charge is 2.49. The fraction of sp³-hybridized carbons (Fsp3) is 0.360. The van der Waals surface area contributed by atoms with Gasteiger partial charge >= 0.3 is 6.03 Å². The van der Waals surface area contributed by atoms with Crippen molar-refractivity contribution in [3.8, 4) is 0 Å². The van der Waals surface area contributed by atoms with Crippen molar-refractivity contribution in [2.45, 2.75) is 44.3 Å². The number of urea groups is 1. The number of hydrogen-bond acceptors (Lipinski definition) is 7. The number of nitrogens with one attached hydrogen (secondary N) is 4. The van der Waals surface area contributed by atoms with E-state index in [1.165, 1.54) is 0 Å². The highest BCUT2D eigenvalue weighted by atomic mass is 16.2. The average molecular weight is 488 g/mol. The first-order valence-electron chi connectivity index (χ1n) is 12.1. The van der Waals surface area contributed by atoms with Gasteiger partial charge in [-0.15, -0.1) is 5.10 Å². The normalized spacial score (nSPS) is 19.9. The summed E-state index contributed by atoms with van der Waals surface area (Å²) in [6.45, 7) is 0.453. The summed E-state index contributed by atoms with van der Waals surface area (Å²) < 4.78 is 0. The molecule has 1 aliphatic carbocycles. The molecule has 4 N–H and O–H groups in total. The van der Waals surface area contributed by atoms with Crippen LogP contribution in [0.4, 0.5) is 22.1 Å². The zero-order valence-corrected chi connectivity index (χ0v) is 20.1. The fourth-order valence-electron chi connectivity index (χ4n) is 4.99. The molecule has 1 saturated carbocycles. The van der Waals surface area contributed by atoms with Crippen molar-refractivity contribution in [2.24, 2.45) is 10.9 Å². The van der Waals surface area contributed by atoms with Gasteiger partial charge in [-0.05, 0) is 41.8 Å². The van der Waals surface area contributed by atoms with Gasteiger partial charge in [0.05, 0.1) is 5.69 Å². The van der Waals surface area contributed by atoms with Crippen molar-refractivity contribution in [2.75, 3.05) is 22.6 Å². The minimum absolute atomic E-state index is 0.0944. The predicted molar refractivity (Wildman–Crippen MR) is 137 cm³/mol. The maximum atomic E-state index is 13.9. The number of benzodiazepines with no additional fused rings is 1. The maximum Gasteiger partial charge on any atom is 0.321 e. The van der Waals surface area contributed by atoms with E-state index in [0.29, 0.717) is 18.2 Å². The number of fused-ring (bicyclic) bond motifs is 1. The van der Waals surface area contributed by atoms with Crippen LogP contribution in [-0.4, -0.2) is 51.5 Å². The summed E-state index contributed by atoms with van der Waals surface area (Å²) in [5, 5.41) is 22.6. The molecule has 1 unspecified atom stereocenters. The molecule has 1 aliphatic heterocycles. The first kappa shape index (κ1) is 23.5. The lowest BCUT2D eigenvalue weighted by Gasteiger charge is -2.40. The van der Waals surface area contributed by atoms with E-state index in [-0.39, 0.29) is 11.8 Å². The maximum absolute atomic E-state index is 13.9. The first-order chi connectivity index (χ1) is 17.5. The Morgan fingerprint density at radius 1 is 1.14 bits per heavy atom. The van der Waals surface area contributed by atoms with E-state index in [9.17, 15) is 9.59 Å². The van der Waals surface area contributed by atoms with Crippen LogP contribution in [0.5, 0.6) is 0 Å². The van der Waals surface area contributed by atoms with Crippen LogP contribution in [0.1, 0.15) is 43.2 Å². The van der Waals surface area contributed by atoms with Gasteiger partial charge in [-0.1, -0.05) is 54.7 Å². The number of aromatic nitrogens is 4. The number of likely N-dealkylation sites (N-methyl/N-ethyl adjacent to an activating group) is 1. The number of aliphatic imine (C=N–C) groups is 1. The second kappa shape index (κ2) is 10.1. The average Bonchev–Trinajstić information content (AvgIpc) is 3.40. The minimum Gasteiger partial charge on any atom is -0.348 e. The Kier molecular flexibility index (Phi) is 6.61. The Morgan fingerprint density at radius 2 is 1.97 bits per heavy atom. The molecule has 5 rings (SSSR count). The van der Waals surface area contributed by atoms with Gasteiger partial charge in [0, 0.05) is 37.0 Å². The Hall–Kier alpha value is -4.28. The van der Waals surface area contributed by atoms with Crippen molar-refractivity contribution < 1.29 is 9.59 Å². The molecule has 0 radical (unpaired) electrons. The molecule has 2 aliphatic rings. The number of anilines is 3. The second-order valence-electron chi connectivity index (χ2n) is 9.15. The zero-order chi connectivity index (χ0) is 25.0. The second-order valence-corrected chi connectivity index (χ2v) is 9.15. The predicted octanol–water partition coefficient (Wildman–Crippen LogP) is 3.31. The van der Waals surface area contributed by atoms with E-state index in [1.807, 2.05) is 42.5 Å². The molecule has 36 heavy (non-hydrogen) atoms. The fourth-order valence-corrected chi connectivity index (χ4v) is 4.99. The van der Waals surface area contributed by atoms with Crippen LogP contribution in [0.25, 0.3) is 0 Å². The zero-order valence-electron chi connectivity index (χ0n) is 20.1. The van der Waals surface area contributed by atoms with E-state index in [1.54, 1.807) is 24.2 Å². The van der Waals surface area contributed by atoms with Gasteiger partial charge < -0.3 is 20.9 Å². The molecule has 0 saturated heterocycles. The van der Waals surface area contributed by atoms with E-state index >= 15 is 0 Å². The van der Waals surface area contributed by atoms with Crippen molar-refractivity contribution in [1.29, 1.82) is 0 Å². The summed E-state index contributed by atoms with van der Waals surface area (Å²) in [6, 6.07) is 14.6. The number of H-pyrrole nitrogens is 1. The molecule has 0 bridgehead atoms. The standard InChI is InChI=1S/C25H29N9O2/c1-34-21-13-6-5-9-18(21)16-27-25(22(34)35,19-10-3-2-4-11-19)29-24(36)28-20-12-7-8-17(14-20)15-26-23-30-32-33-31-23/h5-9,12-14,16,19H,2-4,10-11,15H2,1H3,(H2,28,29,36)(H2,26,30,31,32,33). The molecule has 1 fully saturated rings. The Morgan fingerprint density at radius 3 is 2.78 bits per heavy atom. The third-order valence-electron chi connectivity index (χ3n) is 6.82. The largest absolute Gasteiger partial charge is 0.348 e. The highest BCUT2D eigenvalue weighted by Crippen LogP contribution is 2.38. The lowest BCUT2D eigenvalue weighted by Crippen LogP contribution is -2.63. The van der Waals surface area contributed by atoms with Crippen LogP contribution < -0.4 is 20.9 Å². The van der Waals surface area contributed by atoms with Gasteiger partial charge in [0.1, 0.15) is 0 Å². The van der Waals surface area contributed by atoms with Crippen molar-refractivity contribution in [3.05, 3.63) is 59.7 Å². The van der Waals surface area contributed by atoms with Gasteiger partial charge in [0.15, 0.2) is 0 Å². The van der Waals surface area contributed by atoms with Crippen molar-refractivity contribution >= 4 is 35.5 Å². The third kappa shape index (κ3) is 4.77. The molecule has 2 aromatic carbocycles. The monoisotopic (exact) mass is 487 g/mol. The number of carbonyl (C=O) groups excluding carboxylic acids is 2. The molecule has 1 aromatic heterocycles. The van der Waals surface area contributed by atoms with E-state index < -0.39 is 11.7 Å². The molecule has 0 spiro atoms. The Labute approximate surface area is 208 Å². The van der Waals surface area contributed by atoms with Crippen molar-refractivity contribution in [3.63, 3.8) is 0 Å². The van der Waals surface area contributed by atoms with Gasteiger partial charge in [-0.25, -0.2) is 4.79 Å². The molecular weight excluding hydrogens is 458 g/mol. The smallest absolute Gasteiger partial charge is 0.321 e. The number of aromatic amines is 1. The molecule has 3 aromatic rings. The third-order valence-corrected chi connectivity index (χ3v) is 6.82. The quantitative estimate of drug-likeness (QED) is 0.421. The highest BCUT2D eigenvalue weighted by molar-refractivity contribution is 6.09. The molecule has 11 heteroatoms. The number of nitrogens with zero attached hydrogens (tertiary/aromatic N) is 5. The summed E-state index contributed by atoms with van der Waals surface area (Å²) in [5.41, 5.74) is 1.75. The number of para-hydroxylation sites is 1. The van der Waals surface area contributed by atoms with E-state index in [4.69, 9.17) is 4.99 Å². The number of amides is 3. The minimum atomic E-state index is -1.38. The SMILES string of the molecule is CN1C(=O)C(NC(=O)Nc2cccc(CNc3nn[nH]n3)c2)(C2CCCCC2)N=Cc2ccccc21. The van der Waals surface area contributed by atoms with Gasteiger partial charge in [0.25, 0.3) is 11.9 Å². The van der Waals surface area contributed by atoms with Crippen molar-refractivity contribution in [1.82, 2.24) is 25.9 Å². The lowest BCUT2D eigenvalue weighted by molar-refractivity contribution is -0.126. The van der Waals surface area contributed by atoms with Crippen LogP contribution >= 0.6 is 0 Å². The number of rotatable bonds is 6. The summed E-state index contributed by atoms with van der Waals surface area (Å²) in [6.07, 6.45) is 6.50. The van der Waals surface area contributed by atoms with Crippen LogP contribution in [0.15, 0.2) is 53.5 Å². The van der Waals surface area contributed by atoms with Crippen LogP contribution in [0, 0.1) is 5.92 Å². The summed E-state index contributed by atoms with van der Waals surface area (Å²) in [5.74, 6) is 0.0576. The molecule has 2 heterocycles. The lowest BCUT2D eigenvalue weighted by atomic mass is 9.79. The summed E-state index contributed by atoms with van der Waals surface area (Å²) in [4.78, 5) is 33.6. The molecule has 1 atom stereocenters. The van der Waals surface area contributed by atoms with Crippen LogP contribution in [-0.2, 0) is 11.3 Å². The van der Waals surface area contributed by atoms with Crippen LogP contribution in [0.2, 0.25) is 0 Å². The molecule has 186 valence electrons. The first-order valence-corrected chi connectivity index (χ1v) is 12.1. The summed E-state index contributed by atoms with van der Waals surface area (Å²) in [7, 11) is 1.74. The van der Waals surface area contributed by atoms with E-state index in [2.05, 4.69) is 36.6 Å². The Bertz CT molecular complexity index is 1250. The number of hydrogen-bond donors (Lipinski definition) is 4. The number of tetrazole rings is 1. The molecule has 3 amide bonds. The van der Waals surface area contributed by atoms with Gasteiger partial charge in [-0.3, -0.25) is 9.79 Å². The molecular formula is C25H29N9O2. The topological polar surface area (TPSA) is 140 Å². The Balaban J connectivity index is 1.37. The number of benzene rings is 2. The van der Waals surface area contributed by atoms with Crippen LogP contribution in [0.3, 0.4) is 0 Å².